The second kappa shape index (κ2) is 11.9. The molecule has 6 nitrogen and oxygen atoms in total. The maximum atomic E-state index is 13.1. The van der Waals surface area contributed by atoms with Crippen LogP contribution in [0.25, 0.3) is 16.8 Å². The first-order valence-corrected chi connectivity index (χ1v) is 13.2. The third-order valence-electron chi connectivity index (χ3n) is 7.09. The lowest BCUT2D eigenvalue weighted by Crippen LogP contribution is -2.26. The third kappa shape index (κ3) is 6.03. The molecule has 2 N–H and O–H groups in total. The first-order chi connectivity index (χ1) is 18.6. The van der Waals surface area contributed by atoms with Crippen LogP contribution < -0.4 is 15.6 Å². The van der Waals surface area contributed by atoms with E-state index >= 15 is 0 Å². The second-order valence-electron chi connectivity index (χ2n) is 9.77. The van der Waals surface area contributed by atoms with E-state index in [2.05, 4.69) is 10.2 Å². The van der Waals surface area contributed by atoms with Crippen LogP contribution in [0.15, 0.2) is 89.9 Å². The fourth-order valence-electron chi connectivity index (χ4n) is 4.99. The molecule has 1 aliphatic heterocycles. The van der Waals surface area contributed by atoms with Gasteiger partial charge in [0, 0.05) is 48.5 Å². The normalized spacial score (nSPS) is 13.4. The minimum atomic E-state index is -0.114. The molecule has 1 saturated heterocycles. The molecule has 1 aliphatic rings. The molecule has 38 heavy (non-hydrogen) atoms. The molecule has 4 aromatic rings. The number of aromatic nitrogens is 1. The van der Waals surface area contributed by atoms with E-state index in [1.165, 1.54) is 32.1 Å². The van der Waals surface area contributed by atoms with Crippen LogP contribution in [0.1, 0.15) is 29.5 Å². The molecule has 0 spiro atoms. The van der Waals surface area contributed by atoms with Gasteiger partial charge in [0.05, 0.1) is 0 Å². The van der Waals surface area contributed by atoms with E-state index in [4.69, 9.17) is 10.1 Å². The first kappa shape index (κ1) is 25.5. The van der Waals surface area contributed by atoms with Crippen LogP contribution >= 0.6 is 0 Å². The number of nitrogens with one attached hydrogen (secondary N) is 2. The summed E-state index contributed by atoms with van der Waals surface area (Å²) in [5.41, 5.74) is 6.34. The van der Waals surface area contributed by atoms with Crippen molar-refractivity contribution in [3.63, 3.8) is 0 Å². The molecule has 0 amide bonds. The average Bonchev–Trinajstić information content (AvgIpc) is 3.46. The van der Waals surface area contributed by atoms with Crippen molar-refractivity contribution in [2.75, 3.05) is 31.5 Å². The van der Waals surface area contributed by atoms with Gasteiger partial charge < -0.3 is 20.4 Å². The molecule has 0 atom stereocenters. The van der Waals surface area contributed by atoms with Gasteiger partial charge in [0.2, 0.25) is 0 Å². The highest BCUT2D eigenvalue weighted by molar-refractivity contribution is 5.86. The second-order valence-corrected chi connectivity index (χ2v) is 9.77. The van der Waals surface area contributed by atoms with E-state index in [0.29, 0.717) is 6.61 Å². The highest BCUT2D eigenvalue weighted by Crippen LogP contribution is 2.27. The largest absolute Gasteiger partial charge is 0.489 e. The van der Waals surface area contributed by atoms with Crippen molar-refractivity contribution in [2.24, 2.45) is 0 Å². The highest BCUT2D eigenvalue weighted by atomic mass is 16.5. The van der Waals surface area contributed by atoms with Crippen molar-refractivity contribution in [2.45, 2.75) is 26.4 Å². The Morgan fingerprint density at radius 3 is 2.53 bits per heavy atom. The lowest BCUT2D eigenvalue weighted by Gasteiger charge is -2.17. The van der Waals surface area contributed by atoms with E-state index < -0.39 is 0 Å². The van der Waals surface area contributed by atoms with Gasteiger partial charge >= 0.3 is 0 Å². The SMILES string of the molecule is Cc1cc(OCc2ccccc2)ccc1-c1ccn(-c2ccc(NCCN3CCCC3)c(C=N)c2)c(=O)c1. The molecule has 0 saturated carbocycles. The van der Waals surface area contributed by atoms with Gasteiger partial charge in [-0.2, -0.15) is 0 Å². The number of pyridine rings is 1. The Kier molecular flexibility index (Phi) is 8.00. The minimum absolute atomic E-state index is 0.114. The molecule has 5 rings (SSSR count). The van der Waals surface area contributed by atoms with Gasteiger partial charge in [0.1, 0.15) is 12.4 Å². The Hall–Kier alpha value is -4.16. The van der Waals surface area contributed by atoms with Crippen LogP contribution in [-0.2, 0) is 6.61 Å². The van der Waals surface area contributed by atoms with Gasteiger partial charge in [-0.15, -0.1) is 0 Å². The molecule has 0 radical (unpaired) electrons. The Labute approximate surface area is 224 Å². The lowest BCUT2D eigenvalue weighted by molar-refractivity contribution is 0.306. The maximum absolute atomic E-state index is 13.1. The predicted octanol–water partition coefficient (Wildman–Crippen LogP) is 5.90. The van der Waals surface area contributed by atoms with Crippen molar-refractivity contribution < 1.29 is 4.74 Å². The van der Waals surface area contributed by atoms with E-state index in [9.17, 15) is 4.79 Å². The van der Waals surface area contributed by atoms with Crippen LogP contribution in [0, 0.1) is 12.3 Å². The van der Waals surface area contributed by atoms with Crippen molar-refractivity contribution in [1.29, 1.82) is 5.41 Å². The summed E-state index contributed by atoms with van der Waals surface area (Å²) in [5, 5.41) is 11.3. The summed E-state index contributed by atoms with van der Waals surface area (Å²) in [7, 11) is 0. The van der Waals surface area contributed by atoms with Crippen molar-refractivity contribution in [3.8, 4) is 22.6 Å². The first-order valence-electron chi connectivity index (χ1n) is 13.2. The summed E-state index contributed by atoms with van der Waals surface area (Å²) in [6.07, 6.45) is 5.70. The van der Waals surface area contributed by atoms with Gasteiger partial charge in [-0.05, 0) is 91.5 Å². The number of hydrogen-bond donors (Lipinski definition) is 2. The van der Waals surface area contributed by atoms with Crippen LogP contribution in [0.3, 0.4) is 0 Å². The molecule has 194 valence electrons. The highest BCUT2D eigenvalue weighted by Gasteiger charge is 2.12. The van der Waals surface area contributed by atoms with Crippen LogP contribution in [0.2, 0.25) is 0 Å². The summed E-state index contributed by atoms with van der Waals surface area (Å²) in [4.78, 5) is 15.6. The van der Waals surface area contributed by atoms with E-state index in [0.717, 1.165) is 58.0 Å². The number of rotatable bonds is 10. The Bertz CT molecular complexity index is 1460. The van der Waals surface area contributed by atoms with Crippen molar-refractivity contribution in [3.05, 3.63) is 112 Å². The number of benzene rings is 3. The zero-order chi connectivity index (χ0) is 26.3. The van der Waals surface area contributed by atoms with E-state index in [1.54, 1.807) is 16.8 Å². The molecular formula is C32H34N4O2. The van der Waals surface area contributed by atoms with Gasteiger partial charge in [0.25, 0.3) is 5.56 Å². The van der Waals surface area contributed by atoms with Crippen LogP contribution in [0.4, 0.5) is 5.69 Å². The quantitative estimate of drug-likeness (QED) is 0.263. The fraction of sp³-hybridized carbons (Fsp3) is 0.250. The Morgan fingerprint density at radius 1 is 0.974 bits per heavy atom. The van der Waals surface area contributed by atoms with Crippen molar-refractivity contribution >= 4 is 11.9 Å². The Morgan fingerprint density at radius 2 is 1.79 bits per heavy atom. The lowest BCUT2D eigenvalue weighted by atomic mass is 10.0. The number of anilines is 1. The number of ether oxygens (including phenoxy) is 1. The molecule has 0 unspecified atom stereocenters. The average molecular weight is 507 g/mol. The summed E-state index contributed by atoms with van der Waals surface area (Å²) in [5.74, 6) is 0.803. The monoisotopic (exact) mass is 506 g/mol. The number of aryl methyl sites for hydroxylation is 1. The van der Waals surface area contributed by atoms with Gasteiger partial charge in [0.15, 0.2) is 0 Å². The summed E-state index contributed by atoms with van der Waals surface area (Å²) < 4.78 is 7.58. The molecule has 0 bridgehead atoms. The number of likely N-dealkylation sites (tertiary alicyclic amines) is 1. The molecule has 6 heteroatoms. The van der Waals surface area contributed by atoms with Crippen molar-refractivity contribution in [1.82, 2.24) is 9.47 Å². The summed E-state index contributed by atoms with van der Waals surface area (Å²) >= 11 is 0. The Balaban J connectivity index is 1.29. The molecular weight excluding hydrogens is 472 g/mol. The number of hydrogen-bond acceptors (Lipinski definition) is 5. The molecule has 3 aromatic carbocycles. The summed E-state index contributed by atoms with van der Waals surface area (Å²) in [6.45, 7) is 6.72. The molecule has 0 aliphatic carbocycles. The molecule has 1 fully saturated rings. The number of nitrogens with zero attached hydrogens (tertiary/aromatic N) is 2. The third-order valence-corrected chi connectivity index (χ3v) is 7.09. The molecule has 1 aromatic heterocycles. The zero-order valence-electron chi connectivity index (χ0n) is 21.8. The van der Waals surface area contributed by atoms with E-state index in [1.807, 2.05) is 79.7 Å². The maximum Gasteiger partial charge on any atom is 0.255 e. The van der Waals surface area contributed by atoms with Crippen LogP contribution in [-0.4, -0.2) is 41.9 Å². The minimum Gasteiger partial charge on any atom is -0.489 e. The van der Waals surface area contributed by atoms with Crippen LogP contribution in [0.5, 0.6) is 5.75 Å². The topological polar surface area (TPSA) is 70.3 Å². The van der Waals surface area contributed by atoms with Gasteiger partial charge in [-0.3, -0.25) is 9.36 Å². The predicted molar refractivity (Wildman–Crippen MR) is 155 cm³/mol. The van der Waals surface area contributed by atoms with Gasteiger partial charge in [-0.25, -0.2) is 0 Å². The standard InChI is InChI=1S/C32H34N4O2/c1-24-19-29(38-23-25-7-3-2-4-8-25)10-11-30(24)26-13-17-36(32(37)21-26)28-9-12-31(27(20-28)22-33)34-14-18-35-15-5-6-16-35/h2-4,7-13,17,19-22,33-34H,5-6,14-16,18,23H2,1H3. The zero-order valence-corrected chi connectivity index (χ0v) is 21.8. The smallest absolute Gasteiger partial charge is 0.255 e. The van der Waals surface area contributed by atoms with E-state index in [-0.39, 0.29) is 5.56 Å². The fourth-order valence-corrected chi connectivity index (χ4v) is 4.99. The summed E-state index contributed by atoms with van der Waals surface area (Å²) in [6, 6.07) is 25.4. The van der Waals surface area contributed by atoms with Gasteiger partial charge in [-0.1, -0.05) is 36.4 Å². The molecule has 2 heterocycles.